The number of nitrogens with zero attached hydrogens (tertiary/aromatic N) is 2. The van der Waals surface area contributed by atoms with Crippen LogP contribution in [-0.4, -0.2) is 11.7 Å². The number of rotatable bonds is 5. The van der Waals surface area contributed by atoms with E-state index in [9.17, 15) is 0 Å². The van der Waals surface area contributed by atoms with E-state index in [2.05, 4.69) is 42.1 Å². The fourth-order valence-corrected chi connectivity index (χ4v) is 2.00. The average molecular weight is 245 g/mol. The van der Waals surface area contributed by atoms with E-state index in [0.717, 1.165) is 18.0 Å². The third-order valence-corrected chi connectivity index (χ3v) is 3.00. The van der Waals surface area contributed by atoms with Crippen molar-refractivity contribution < 1.29 is 4.52 Å². The van der Waals surface area contributed by atoms with Crippen molar-refractivity contribution in [2.45, 2.75) is 26.9 Å². The molecule has 4 heteroatoms. The fourth-order valence-electron chi connectivity index (χ4n) is 2.00. The minimum absolute atomic E-state index is 0.417. The van der Waals surface area contributed by atoms with Gasteiger partial charge in [-0.2, -0.15) is 0 Å². The molecule has 2 rings (SSSR count). The van der Waals surface area contributed by atoms with Gasteiger partial charge in [-0.05, 0) is 25.5 Å². The van der Waals surface area contributed by atoms with Crippen molar-refractivity contribution in [2.75, 3.05) is 11.4 Å². The first-order chi connectivity index (χ1) is 8.74. The molecule has 0 radical (unpaired) electrons. The first kappa shape index (κ1) is 12.6. The molecule has 0 saturated carbocycles. The van der Waals surface area contributed by atoms with Gasteiger partial charge in [-0.1, -0.05) is 23.4 Å². The molecule has 0 aliphatic heterocycles. The molecular weight excluding hydrogens is 226 g/mol. The predicted molar refractivity (Wildman–Crippen MR) is 72.3 cm³/mol. The number of aromatic nitrogens is 1. The van der Waals surface area contributed by atoms with Crippen molar-refractivity contribution in [1.82, 2.24) is 5.16 Å². The smallest absolute Gasteiger partial charge is 0.156 e. The Morgan fingerprint density at radius 2 is 2.11 bits per heavy atom. The second kappa shape index (κ2) is 5.69. The summed E-state index contributed by atoms with van der Waals surface area (Å²) in [7, 11) is 0. The molecule has 0 aliphatic rings. The number of benzene rings is 1. The summed E-state index contributed by atoms with van der Waals surface area (Å²) >= 11 is 0. The normalized spacial score (nSPS) is 10.6. The molecule has 1 aromatic heterocycles. The molecule has 0 aliphatic carbocycles. The lowest BCUT2D eigenvalue weighted by Gasteiger charge is -2.23. The fraction of sp³-hybridized carbons (Fsp3) is 0.357. The minimum atomic E-state index is 0.417. The highest BCUT2D eigenvalue weighted by Gasteiger charge is 2.11. The maximum atomic E-state index is 5.53. The maximum Gasteiger partial charge on any atom is 0.156 e. The van der Waals surface area contributed by atoms with E-state index in [0.29, 0.717) is 13.1 Å². The van der Waals surface area contributed by atoms with Crippen LogP contribution in [-0.2, 0) is 13.1 Å². The van der Waals surface area contributed by atoms with Crippen molar-refractivity contribution in [3.05, 3.63) is 47.3 Å². The summed E-state index contributed by atoms with van der Waals surface area (Å²) in [5.41, 5.74) is 8.81. The number of anilines is 1. The molecule has 96 valence electrons. The van der Waals surface area contributed by atoms with E-state index in [1.165, 1.54) is 11.3 Å². The van der Waals surface area contributed by atoms with Crippen molar-refractivity contribution >= 4 is 5.69 Å². The van der Waals surface area contributed by atoms with Crippen LogP contribution < -0.4 is 10.6 Å². The highest BCUT2D eigenvalue weighted by molar-refractivity contribution is 5.52. The van der Waals surface area contributed by atoms with Crippen LogP contribution in [0.1, 0.15) is 23.9 Å². The van der Waals surface area contributed by atoms with Crippen LogP contribution in [0.25, 0.3) is 0 Å². The molecule has 0 fully saturated rings. The standard InChI is InChI=1S/C14H19N3O/c1-3-17(14-7-5-4-6-11(14)2)10-13-8-12(9-15)16-18-13/h4-8H,3,9-10,15H2,1-2H3. The van der Waals surface area contributed by atoms with E-state index in [1.807, 2.05) is 12.1 Å². The van der Waals surface area contributed by atoms with Gasteiger partial charge in [-0.15, -0.1) is 0 Å². The summed E-state index contributed by atoms with van der Waals surface area (Å²) < 4.78 is 5.28. The Balaban J connectivity index is 2.17. The zero-order valence-electron chi connectivity index (χ0n) is 10.9. The largest absolute Gasteiger partial charge is 0.364 e. The molecule has 2 N–H and O–H groups in total. The van der Waals surface area contributed by atoms with Crippen LogP contribution in [0.4, 0.5) is 5.69 Å². The van der Waals surface area contributed by atoms with Crippen molar-refractivity contribution in [3.8, 4) is 0 Å². The highest BCUT2D eigenvalue weighted by atomic mass is 16.5. The molecule has 0 saturated heterocycles. The number of hydrogen-bond donors (Lipinski definition) is 1. The summed E-state index contributed by atoms with van der Waals surface area (Å²) in [4.78, 5) is 2.26. The Bertz CT molecular complexity index is 507. The van der Waals surface area contributed by atoms with Gasteiger partial charge in [-0.25, -0.2) is 0 Å². The minimum Gasteiger partial charge on any atom is -0.364 e. The van der Waals surface area contributed by atoms with Gasteiger partial charge in [0.25, 0.3) is 0 Å². The van der Waals surface area contributed by atoms with Crippen molar-refractivity contribution in [3.63, 3.8) is 0 Å². The van der Waals surface area contributed by atoms with E-state index < -0.39 is 0 Å². The Morgan fingerprint density at radius 1 is 1.33 bits per heavy atom. The molecule has 0 amide bonds. The van der Waals surface area contributed by atoms with Gasteiger partial charge >= 0.3 is 0 Å². The van der Waals surface area contributed by atoms with Gasteiger partial charge in [0.05, 0.1) is 12.2 Å². The second-order valence-electron chi connectivity index (χ2n) is 4.29. The lowest BCUT2D eigenvalue weighted by atomic mass is 10.1. The van der Waals surface area contributed by atoms with Crippen molar-refractivity contribution in [1.29, 1.82) is 0 Å². The van der Waals surface area contributed by atoms with Crippen LogP contribution >= 0.6 is 0 Å². The molecule has 1 aromatic carbocycles. The van der Waals surface area contributed by atoms with Crippen LogP contribution in [0.15, 0.2) is 34.9 Å². The van der Waals surface area contributed by atoms with E-state index in [4.69, 9.17) is 10.3 Å². The maximum absolute atomic E-state index is 5.53. The van der Waals surface area contributed by atoms with E-state index in [1.54, 1.807) is 0 Å². The number of aryl methyl sites for hydroxylation is 1. The van der Waals surface area contributed by atoms with Gasteiger partial charge in [0.15, 0.2) is 5.76 Å². The lowest BCUT2D eigenvalue weighted by molar-refractivity contribution is 0.376. The molecule has 1 heterocycles. The third-order valence-electron chi connectivity index (χ3n) is 3.00. The number of para-hydroxylation sites is 1. The van der Waals surface area contributed by atoms with Crippen LogP contribution in [0.5, 0.6) is 0 Å². The highest BCUT2D eigenvalue weighted by Crippen LogP contribution is 2.21. The molecule has 18 heavy (non-hydrogen) atoms. The average Bonchev–Trinajstić information content (AvgIpc) is 2.85. The molecule has 0 unspecified atom stereocenters. The SMILES string of the molecule is CCN(Cc1cc(CN)no1)c1ccccc1C. The predicted octanol–water partition coefficient (Wildman–Crippen LogP) is 2.47. The summed E-state index contributed by atoms with van der Waals surface area (Å²) in [5, 5.41) is 3.91. The lowest BCUT2D eigenvalue weighted by Crippen LogP contribution is -2.22. The van der Waals surface area contributed by atoms with Gasteiger partial charge in [-0.3, -0.25) is 0 Å². The Hall–Kier alpha value is -1.81. The van der Waals surface area contributed by atoms with E-state index >= 15 is 0 Å². The first-order valence-electron chi connectivity index (χ1n) is 6.19. The Kier molecular flexibility index (Phi) is 3.99. The molecule has 0 atom stereocenters. The van der Waals surface area contributed by atoms with E-state index in [-0.39, 0.29) is 0 Å². The van der Waals surface area contributed by atoms with Gasteiger partial charge < -0.3 is 15.2 Å². The second-order valence-corrected chi connectivity index (χ2v) is 4.29. The zero-order chi connectivity index (χ0) is 13.0. The van der Waals surface area contributed by atoms with Crippen LogP contribution in [0.2, 0.25) is 0 Å². The molecule has 2 aromatic rings. The molecule has 0 bridgehead atoms. The monoisotopic (exact) mass is 245 g/mol. The summed E-state index contributed by atoms with van der Waals surface area (Å²) in [6.07, 6.45) is 0. The summed E-state index contributed by atoms with van der Waals surface area (Å²) in [6, 6.07) is 10.3. The van der Waals surface area contributed by atoms with Crippen LogP contribution in [0.3, 0.4) is 0 Å². The topological polar surface area (TPSA) is 55.3 Å². The third kappa shape index (κ3) is 2.71. The molecule has 4 nitrogen and oxygen atoms in total. The summed E-state index contributed by atoms with van der Waals surface area (Å²) in [5.74, 6) is 0.848. The number of hydrogen-bond acceptors (Lipinski definition) is 4. The van der Waals surface area contributed by atoms with Crippen LogP contribution in [0, 0.1) is 6.92 Å². The summed E-state index contributed by atoms with van der Waals surface area (Å²) in [6.45, 7) is 6.30. The first-order valence-corrected chi connectivity index (χ1v) is 6.19. The Labute approximate surface area is 107 Å². The molecule has 0 spiro atoms. The van der Waals surface area contributed by atoms with Gasteiger partial charge in [0, 0.05) is 24.8 Å². The molecular formula is C14H19N3O. The quantitative estimate of drug-likeness (QED) is 0.879. The van der Waals surface area contributed by atoms with Gasteiger partial charge in [0.1, 0.15) is 0 Å². The zero-order valence-corrected chi connectivity index (χ0v) is 10.9. The van der Waals surface area contributed by atoms with Gasteiger partial charge in [0.2, 0.25) is 0 Å². The number of nitrogens with two attached hydrogens (primary N) is 1. The van der Waals surface area contributed by atoms with Crippen molar-refractivity contribution in [2.24, 2.45) is 5.73 Å². The Morgan fingerprint density at radius 3 is 2.72 bits per heavy atom.